The van der Waals surface area contributed by atoms with Gasteiger partial charge in [0.05, 0.1) is 18.4 Å². The molecule has 0 spiro atoms. The van der Waals surface area contributed by atoms with Crippen LogP contribution in [0.5, 0.6) is 0 Å². The third-order valence-electron chi connectivity index (χ3n) is 7.84. The first-order chi connectivity index (χ1) is 13.9. The lowest BCUT2D eigenvalue weighted by Crippen LogP contribution is -2.45. The van der Waals surface area contributed by atoms with Crippen LogP contribution in [0.1, 0.15) is 91.4 Å². The highest BCUT2D eigenvalue weighted by Crippen LogP contribution is 2.49. The van der Waals surface area contributed by atoms with Crippen molar-refractivity contribution in [1.29, 1.82) is 0 Å². The van der Waals surface area contributed by atoms with E-state index in [0.29, 0.717) is 30.1 Å². The molecule has 0 aromatic heterocycles. The summed E-state index contributed by atoms with van der Waals surface area (Å²) < 4.78 is 11.5. The van der Waals surface area contributed by atoms with Gasteiger partial charge in [-0.2, -0.15) is 0 Å². The van der Waals surface area contributed by atoms with Crippen LogP contribution in [-0.2, 0) is 19.1 Å². The summed E-state index contributed by atoms with van der Waals surface area (Å²) in [4.78, 5) is 24.1. The Balaban J connectivity index is 1.60. The van der Waals surface area contributed by atoms with Gasteiger partial charge in [-0.15, -0.1) is 0 Å². The van der Waals surface area contributed by atoms with Crippen molar-refractivity contribution in [2.45, 2.75) is 110 Å². The molecule has 2 saturated carbocycles. The molecule has 166 valence electrons. The summed E-state index contributed by atoms with van der Waals surface area (Å²) in [5.74, 6) is 2.02. The maximum atomic E-state index is 12.5. The summed E-state index contributed by atoms with van der Waals surface area (Å²) in [6.45, 7) is 6.35. The molecule has 3 rings (SSSR count). The summed E-state index contributed by atoms with van der Waals surface area (Å²) in [5.41, 5.74) is 0. The zero-order valence-corrected chi connectivity index (χ0v) is 18.5. The van der Waals surface area contributed by atoms with E-state index in [0.717, 1.165) is 38.5 Å². The molecular formula is C24H40O5. The summed E-state index contributed by atoms with van der Waals surface area (Å²) in [6, 6.07) is 0. The highest BCUT2D eigenvalue weighted by molar-refractivity contribution is 5.72. The fraction of sp³-hybridized carbons (Fsp3) is 0.917. The van der Waals surface area contributed by atoms with Gasteiger partial charge in [0.2, 0.25) is 0 Å². The SMILES string of the molecule is CC[C@H](C)C(=O)O[C@H]1CCC[C@H]2CC[C@H](C)[C@H](CCC[C@@H]3C[C@@H](O)CC(=O)O3)[C@H]21. The monoisotopic (exact) mass is 408 g/mol. The maximum absolute atomic E-state index is 12.5. The van der Waals surface area contributed by atoms with Crippen molar-refractivity contribution in [3.05, 3.63) is 0 Å². The third kappa shape index (κ3) is 5.74. The molecule has 0 radical (unpaired) electrons. The predicted molar refractivity (Wildman–Crippen MR) is 111 cm³/mol. The Kier molecular flexibility index (Phi) is 8.00. The predicted octanol–water partition coefficient (Wildman–Crippen LogP) is 4.64. The van der Waals surface area contributed by atoms with Gasteiger partial charge < -0.3 is 14.6 Å². The molecule has 3 fully saturated rings. The number of hydrogen-bond acceptors (Lipinski definition) is 5. The van der Waals surface area contributed by atoms with E-state index in [2.05, 4.69) is 6.92 Å². The van der Waals surface area contributed by atoms with Gasteiger partial charge in [0.1, 0.15) is 12.2 Å². The molecule has 29 heavy (non-hydrogen) atoms. The van der Waals surface area contributed by atoms with Crippen molar-refractivity contribution in [1.82, 2.24) is 0 Å². The average Bonchev–Trinajstić information content (AvgIpc) is 2.68. The van der Waals surface area contributed by atoms with Gasteiger partial charge in [0, 0.05) is 12.3 Å². The molecule has 3 aliphatic rings. The zero-order chi connectivity index (χ0) is 21.0. The minimum absolute atomic E-state index is 0.0257. The number of rotatable bonds is 7. The molecule has 5 nitrogen and oxygen atoms in total. The van der Waals surface area contributed by atoms with Crippen LogP contribution in [0.2, 0.25) is 0 Å². The summed E-state index contributed by atoms with van der Waals surface area (Å²) in [5, 5.41) is 9.83. The van der Waals surface area contributed by atoms with Gasteiger partial charge in [0.15, 0.2) is 0 Å². The molecule has 1 heterocycles. The molecule has 0 unspecified atom stereocenters. The number of carbonyl (C=O) groups is 2. The first-order valence-corrected chi connectivity index (χ1v) is 12.0. The Labute approximate surface area is 175 Å². The minimum atomic E-state index is -0.554. The highest BCUT2D eigenvalue weighted by Gasteiger charge is 2.45. The Hall–Kier alpha value is -1.10. The van der Waals surface area contributed by atoms with E-state index in [1.54, 1.807) is 0 Å². The molecule has 1 aliphatic heterocycles. The molecule has 0 aromatic rings. The first-order valence-electron chi connectivity index (χ1n) is 12.0. The fourth-order valence-electron chi connectivity index (χ4n) is 5.97. The van der Waals surface area contributed by atoms with Crippen LogP contribution in [-0.4, -0.2) is 35.4 Å². The van der Waals surface area contributed by atoms with E-state index in [1.807, 2.05) is 13.8 Å². The smallest absolute Gasteiger partial charge is 0.308 e. The van der Waals surface area contributed by atoms with E-state index >= 15 is 0 Å². The van der Waals surface area contributed by atoms with E-state index in [-0.39, 0.29) is 36.5 Å². The molecular weight excluding hydrogens is 368 g/mol. The Morgan fingerprint density at radius 1 is 1.24 bits per heavy atom. The summed E-state index contributed by atoms with van der Waals surface area (Å²) in [6.07, 6.45) is 9.72. The van der Waals surface area contributed by atoms with Crippen LogP contribution in [0.25, 0.3) is 0 Å². The van der Waals surface area contributed by atoms with Gasteiger partial charge in [0.25, 0.3) is 0 Å². The second-order valence-electron chi connectivity index (χ2n) is 9.91. The number of ether oxygens (including phenoxy) is 2. The van der Waals surface area contributed by atoms with Crippen LogP contribution >= 0.6 is 0 Å². The normalized spacial score (nSPS) is 38.6. The Bertz CT molecular complexity index is 561. The van der Waals surface area contributed by atoms with E-state index in [9.17, 15) is 14.7 Å². The quantitative estimate of drug-likeness (QED) is 0.621. The number of carbonyl (C=O) groups excluding carboxylic acids is 2. The van der Waals surface area contributed by atoms with Gasteiger partial charge in [-0.1, -0.05) is 27.2 Å². The third-order valence-corrected chi connectivity index (χ3v) is 7.84. The number of hydrogen-bond donors (Lipinski definition) is 1. The minimum Gasteiger partial charge on any atom is -0.462 e. The molecule has 1 N–H and O–H groups in total. The maximum Gasteiger partial charge on any atom is 0.308 e. The van der Waals surface area contributed by atoms with Gasteiger partial charge in [-0.25, -0.2) is 0 Å². The average molecular weight is 409 g/mol. The summed E-state index contributed by atoms with van der Waals surface area (Å²) >= 11 is 0. The largest absolute Gasteiger partial charge is 0.462 e. The standard InChI is InChI=1S/C24H40O5/c1-4-15(2)24(27)29-21-10-5-7-17-12-11-16(3)20(23(17)21)9-6-8-19-13-18(25)14-22(26)28-19/h15-21,23,25H,4-14H2,1-3H3/t15-,16-,17-,18+,19+,20-,21-,23-/m0/s1. The van der Waals surface area contributed by atoms with Gasteiger partial charge in [-0.05, 0) is 69.1 Å². The van der Waals surface area contributed by atoms with E-state index in [4.69, 9.17) is 9.47 Å². The van der Waals surface area contributed by atoms with Crippen molar-refractivity contribution in [2.75, 3.05) is 0 Å². The van der Waals surface area contributed by atoms with E-state index < -0.39 is 6.10 Å². The zero-order valence-electron chi connectivity index (χ0n) is 18.5. The Morgan fingerprint density at radius 2 is 2.03 bits per heavy atom. The molecule has 8 atom stereocenters. The first kappa shape index (κ1) is 22.6. The Morgan fingerprint density at radius 3 is 2.76 bits per heavy atom. The van der Waals surface area contributed by atoms with Crippen molar-refractivity contribution in [3.63, 3.8) is 0 Å². The number of esters is 2. The van der Waals surface area contributed by atoms with Crippen molar-refractivity contribution in [2.24, 2.45) is 29.6 Å². The molecule has 0 aromatic carbocycles. The second kappa shape index (κ2) is 10.3. The van der Waals surface area contributed by atoms with Crippen molar-refractivity contribution < 1.29 is 24.2 Å². The van der Waals surface area contributed by atoms with Crippen LogP contribution in [0.15, 0.2) is 0 Å². The fourth-order valence-corrected chi connectivity index (χ4v) is 5.97. The molecule has 2 aliphatic carbocycles. The van der Waals surface area contributed by atoms with Crippen LogP contribution in [0.3, 0.4) is 0 Å². The topological polar surface area (TPSA) is 72.8 Å². The lowest BCUT2D eigenvalue weighted by molar-refractivity contribution is -0.165. The molecule has 1 saturated heterocycles. The lowest BCUT2D eigenvalue weighted by Gasteiger charge is -2.48. The van der Waals surface area contributed by atoms with Gasteiger partial charge in [-0.3, -0.25) is 9.59 Å². The van der Waals surface area contributed by atoms with Gasteiger partial charge >= 0.3 is 11.9 Å². The molecule has 0 amide bonds. The van der Waals surface area contributed by atoms with Crippen molar-refractivity contribution >= 4 is 11.9 Å². The molecule has 5 heteroatoms. The number of fused-ring (bicyclic) bond motifs is 1. The lowest BCUT2D eigenvalue weighted by atomic mass is 9.59. The van der Waals surface area contributed by atoms with Crippen LogP contribution in [0.4, 0.5) is 0 Å². The van der Waals surface area contributed by atoms with Crippen LogP contribution in [0, 0.1) is 29.6 Å². The number of aliphatic hydroxyl groups excluding tert-OH is 1. The molecule has 0 bridgehead atoms. The van der Waals surface area contributed by atoms with Crippen LogP contribution < -0.4 is 0 Å². The second-order valence-corrected chi connectivity index (χ2v) is 9.91. The number of cyclic esters (lactones) is 1. The summed E-state index contributed by atoms with van der Waals surface area (Å²) in [7, 11) is 0. The highest BCUT2D eigenvalue weighted by atomic mass is 16.5. The number of aliphatic hydroxyl groups is 1. The van der Waals surface area contributed by atoms with E-state index in [1.165, 1.54) is 19.3 Å². The van der Waals surface area contributed by atoms with Crippen molar-refractivity contribution in [3.8, 4) is 0 Å².